The molecule has 0 aromatic heterocycles. The lowest BCUT2D eigenvalue weighted by Gasteiger charge is -2.28. The first-order chi connectivity index (χ1) is 11.1. The second-order valence-electron chi connectivity index (χ2n) is 5.60. The number of benzene rings is 1. The zero-order valence-corrected chi connectivity index (χ0v) is 14.5. The van der Waals surface area contributed by atoms with Crippen LogP contribution >= 0.6 is 12.2 Å². The van der Waals surface area contributed by atoms with Crippen LogP contribution in [-0.2, 0) is 4.74 Å². The fraction of sp³-hybridized carbons (Fsp3) is 0.529. The first-order valence-corrected chi connectivity index (χ1v) is 8.24. The molecule has 1 aromatic rings. The van der Waals surface area contributed by atoms with Crippen molar-refractivity contribution in [3.05, 3.63) is 23.8 Å². The Bertz CT molecular complexity index is 580. The number of anilines is 1. The van der Waals surface area contributed by atoms with Crippen molar-refractivity contribution in [3.8, 4) is 11.8 Å². The van der Waals surface area contributed by atoms with E-state index in [0.29, 0.717) is 18.1 Å². The maximum atomic E-state index is 8.86. The summed E-state index contributed by atoms with van der Waals surface area (Å²) in [6, 6.07) is 8.00. The van der Waals surface area contributed by atoms with Gasteiger partial charge >= 0.3 is 0 Å². The lowest BCUT2D eigenvalue weighted by Crippen LogP contribution is -2.40. The molecular formula is C17H23N3O2S. The van der Waals surface area contributed by atoms with Gasteiger partial charge in [-0.25, -0.2) is 0 Å². The van der Waals surface area contributed by atoms with Crippen molar-refractivity contribution in [3.63, 3.8) is 0 Å². The molecular weight excluding hydrogens is 310 g/mol. The summed E-state index contributed by atoms with van der Waals surface area (Å²) in [7, 11) is 1.65. The van der Waals surface area contributed by atoms with Crippen LogP contribution in [0.2, 0.25) is 0 Å². The third kappa shape index (κ3) is 5.08. The summed E-state index contributed by atoms with van der Waals surface area (Å²) >= 11 is 5.54. The quantitative estimate of drug-likeness (QED) is 0.807. The van der Waals surface area contributed by atoms with Crippen molar-refractivity contribution < 1.29 is 9.47 Å². The molecule has 1 saturated heterocycles. The highest BCUT2D eigenvalue weighted by Gasteiger charge is 2.21. The van der Waals surface area contributed by atoms with Gasteiger partial charge < -0.3 is 19.7 Å². The van der Waals surface area contributed by atoms with E-state index in [2.05, 4.69) is 11.4 Å². The lowest BCUT2D eigenvalue weighted by molar-refractivity contribution is 0.0922. The summed E-state index contributed by atoms with van der Waals surface area (Å²) in [6.45, 7) is 4.15. The zero-order chi connectivity index (χ0) is 16.7. The molecule has 5 nitrogen and oxygen atoms in total. The molecule has 0 saturated carbocycles. The van der Waals surface area contributed by atoms with Crippen LogP contribution in [0.5, 0.6) is 5.75 Å². The number of hydrogen-bond donors (Lipinski definition) is 1. The topological polar surface area (TPSA) is 57.5 Å². The van der Waals surface area contributed by atoms with Crippen LogP contribution < -0.4 is 10.1 Å². The van der Waals surface area contributed by atoms with Gasteiger partial charge in [0.25, 0.3) is 0 Å². The smallest absolute Gasteiger partial charge is 0.173 e. The van der Waals surface area contributed by atoms with Gasteiger partial charge in [0.15, 0.2) is 5.11 Å². The lowest BCUT2D eigenvalue weighted by atomic mass is 10.2. The normalized spacial score (nSPS) is 16.7. The predicted octanol–water partition coefficient (Wildman–Crippen LogP) is 3.10. The monoisotopic (exact) mass is 333 g/mol. The SMILES string of the molecule is COc1ccc(NC(=S)N(CCC#N)CC2CCCO2)c(C)c1. The Hall–Kier alpha value is -1.84. The van der Waals surface area contributed by atoms with Crippen molar-refractivity contribution >= 4 is 23.0 Å². The van der Waals surface area contributed by atoms with Crippen molar-refractivity contribution in [1.29, 1.82) is 5.26 Å². The first-order valence-electron chi connectivity index (χ1n) is 7.83. The molecule has 1 aromatic carbocycles. The Morgan fingerprint density at radius 1 is 1.57 bits per heavy atom. The Morgan fingerprint density at radius 3 is 3.00 bits per heavy atom. The number of nitrogens with zero attached hydrogens (tertiary/aromatic N) is 2. The fourth-order valence-electron chi connectivity index (χ4n) is 2.59. The number of thiocarbonyl (C=S) groups is 1. The second-order valence-corrected chi connectivity index (χ2v) is 5.99. The summed E-state index contributed by atoms with van der Waals surface area (Å²) in [4.78, 5) is 2.03. The number of hydrogen-bond acceptors (Lipinski definition) is 4. The average molecular weight is 333 g/mol. The molecule has 1 aliphatic rings. The molecule has 0 bridgehead atoms. The molecule has 0 spiro atoms. The third-order valence-electron chi connectivity index (χ3n) is 3.90. The van der Waals surface area contributed by atoms with Crippen LogP contribution in [0.1, 0.15) is 24.8 Å². The molecule has 0 amide bonds. The number of rotatable bonds is 6. The second kappa shape index (κ2) is 8.70. The highest BCUT2D eigenvalue weighted by molar-refractivity contribution is 7.80. The number of methoxy groups -OCH3 is 1. The molecule has 1 unspecified atom stereocenters. The molecule has 0 aliphatic carbocycles. The van der Waals surface area contributed by atoms with Crippen molar-refractivity contribution in [2.75, 3.05) is 32.1 Å². The molecule has 6 heteroatoms. The van der Waals surface area contributed by atoms with Crippen molar-refractivity contribution in [2.45, 2.75) is 32.3 Å². The number of nitriles is 1. The molecule has 124 valence electrons. The highest BCUT2D eigenvalue weighted by Crippen LogP contribution is 2.22. The van der Waals surface area contributed by atoms with E-state index in [9.17, 15) is 0 Å². The highest BCUT2D eigenvalue weighted by atomic mass is 32.1. The van der Waals surface area contributed by atoms with Crippen LogP contribution in [0.25, 0.3) is 0 Å². The maximum Gasteiger partial charge on any atom is 0.173 e. The summed E-state index contributed by atoms with van der Waals surface area (Å²) in [6.07, 6.45) is 2.78. The van der Waals surface area contributed by atoms with Gasteiger partial charge in [0.2, 0.25) is 0 Å². The van der Waals surface area contributed by atoms with Gasteiger partial charge in [-0.3, -0.25) is 0 Å². The minimum atomic E-state index is 0.199. The van der Waals surface area contributed by atoms with E-state index in [1.165, 1.54) is 0 Å². The number of nitrogens with one attached hydrogen (secondary N) is 1. The predicted molar refractivity (Wildman–Crippen MR) is 94.7 cm³/mol. The van der Waals surface area contributed by atoms with E-state index in [4.69, 9.17) is 27.0 Å². The van der Waals surface area contributed by atoms with Crippen LogP contribution in [0.3, 0.4) is 0 Å². The molecule has 1 N–H and O–H groups in total. The van der Waals surface area contributed by atoms with E-state index in [1.54, 1.807) is 7.11 Å². The molecule has 1 atom stereocenters. The number of ether oxygens (including phenoxy) is 2. The molecule has 2 rings (SSSR count). The van der Waals surface area contributed by atoms with Gasteiger partial charge in [0.1, 0.15) is 5.75 Å². The third-order valence-corrected chi connectivity index (χ3v) is 4.26. The zero-order valence-electron chi connectivity index (χ0n) is 13.7. The van der Waals surface area contributed by atoms with Gasteiger partial charge in [-0.15, -0.1) is 0 Å². The van der Waals surface area contributed by atoms with Crippen LogP contribution in [0.4, 0.5) is 5.69 Å². The minimum absolute atomic E-state index is 0.199. The van der Waals surface area contributed by atoms with E-state index < -0.39 is 0 Å². The Morgan fingerprint density at radius 2 is 2.39 bits per heavy atom. The van der Waals surface area contributed by atoms with Gasteiger partial charge in [-0.2, -0.15) is 5.26 Å². The Labute approximate surface area is 143 Å². The van der Waals surface area contributed by atoms with Crippen LogP contribution in [-0.4, -0.2) is 42.9 Å². The van der Waals surface area contributed by atoms with Gasteiger partial charge in [-0.1, -0.05) is 0 Å². The summed E-state index contributed by atoms with van der Waals surface area (Å²) in [5.41, 5.74) is 2.01. The Balaban J connectivity index is 2.02. The van der Waals surface area contributed by atoms with Crippen molar-refractivity contribution in [2.24, 2.45) is 0 Å². The minimum Gasteiger partial charge on any atom is -0.497 e. The first kappa shape index (κ1) is 17.5. The van der Waals surface area contributed by atoms with E-state index in [0.717, 1.165) is 43.0 Å². The maximum absolute atomic E-state index is 8.86. The summed E-state index contributed by atoms with van der Waals surface area (Å²) in [5, 5.41) is 12.8. The van der Waals surface area contributed by atoms with Gasteiger partial charge in [0.05, 0.1) is 25.7 Å². The molecule has 1 heterocycles. The van der Waals surface area contributed by atoms with E-state index in [1.807, 2.05) is 30.0 Å². The van der Waals surface area contributed by atoms with Gasteiger partial charge in [0, 0.05) is 25.4 Å². The fourth-order valence-corrected chi connectivity index (χ4v) is 2.87. The summed E-state index contributed by atoms with van der Waals surface area (Å²) < 4.78 is 10.9. The molecule has 23 heavy (non-hydrogen) atoms. The molecule has 1 fully saturated rings. The van der Waals surface area contributed by atoms with E-state index in [-0.39, 0.29) is 6.10 Å². The molecule has 1 aliphatic heterocycles. The van der Waals surface area contributed by atoms with Crippen LogP contribution in [0, 0.1) is 18.3 Å². The van der Waals surface area contributed by atoms with E-state index >= 15 is 0 Å². The largest absolute Gasteiger partial charge is 0.497 e. The Kier molecular flexibility index (Phi) is 6.63. The number of aryl methyl sites for hydroxylation is 1. The van der Waals surface area contributed by atoms with Gasteiger partial charge in [-0.05, 0) is 55.7 Å². The standard InChI is InChI=1S/C17H23N3O2S/c1-13-11-14(21-2)6-7-16(13)19-17(23)20(9-4-8-18)12-15-5-3-10-22-15/h6-7,11,15H,3-5,9-10,12H2,1-2H3,(H,19,23). The average Bonchev–Trinajstić information content (AvgIpc) is 3.06. The molecule has 0 radical (unpaired) electrons. The van der Waals surface area contributed by atoms with Crippen LogP contribution in [0.15, 0.2) is 18.2 Å². The van der Waals surface area contributed by atoms with Crippen molar-refractivity contribution in [1.82, 2.24) is 4.90 Å². The summed E-state index contributed by atoms with van der Waals surface area (Å²) in [5.74, 6) is 0.819.